The molecule has 0 N–H and O–H groups in total. The molecule has 2 rings (SSSR count). The van der Waals surface area contributed by atoms with E-state index >= 15 is 0 Å². The van der Waals surface area contributed by atoms with Crippen molar-refractivity contribution >= 4 is 23.4 Å². The van der Waals surface area contributed by atoms with E-state index < -0.39 is 5.60 Å². The predicted octanol–water partition coefficient (Wildman–Crippen LogP) is 4.72. The minimum atomic E-state index is -0.491. The first-order valence-corrected chi connectivity index (χ1v) is 7.38. The van der Waals surface area contributed by atoms with Crippen molar-refractivity contribution in [3.63, 3.8) is 0 Å². The van der Waals surface area contributed by atoms with Crippen molar-refractivity contribution in [3.8, 4) is 0 Å². The number of anilines is 1. The molecule has 0 saturated heterocycles. The number of fused-ring (bicyclic) bond motifs is 1. The molecular formula is C16H22ClNO2. The molecule has 1 aliphatic heterocycles. The number of carbonyl (C=O) groups excluding carboxylic acids is 1. The Morgan fingerprint density at radius 3 is 2.65 bits per heavy atom. The second-order valence-corrected chi connectivity index (χ2v) is 6.90. The summed E-state index contributed by atoms with van der Waals surface area (Å²) in [5.41, 5.74) is 2.61. The summed E-state index contributed by atoms with van der Waals surface area (Å²) in [7, 11) is 0. The van der Waals surface area contributed by atoms with Crippen LogP contribution in [-0.2, 0) is 11.2 Å². The topological polar surface area (TPSA) is 29.5 Å². The monoisotopic (exact) mass is 295 g/mol. The second-order valence-electron chi connectivity index (χ2n) is 6.47. The second kappa shape index (κ2) is 5.28. The minimum Gasteiger partial charge on any atom is -0.443 e. The first-order valence-electron chi connectivity index (χ1n) is 7.00. The number of hydrogen-bond acceptors (Lipinski definition) is 2. The number of aryl methyl sites for hydroxylation is 2. The van der Waals surface area contributed by atoms with Crippen molar-refractivity contribution in [1.29, 1.82) is 0 Å². The lowest BCUT2D eigenvalue weighted by Gasteiger charge is -2.37. The SMILES string of the molecule is Cc1cc(Cl)cc2c1N(C(=O)OC(C)(C)C)C(C)CC2. The summed E-state index contributed by atoms with van der Waals surface area (Å²) in [6, 6.07) is 3.99. The highest BCUT2D eigenvalue weighted by Crippen LogP contribution is 2.36. The van der Waals surface area contributed by atoms with Gasteiger partial charge in [0, 0.05) is 11.1 Å². The van der Waals surface area contributed by atoms with Gasteiger partial charge in [0.15, 0.2) is 0 Å². The highest BCUT2D eigenvalue weighted by Gasteiger charge is 2.33. The molecule has 1 aliphatic rings. The van der Waals surface area contributed by atoms with Crippen molar-refractivity contribution in [2.75, 3.05) is 4.90 Å². The van der Waals surface area contributed by atoms with Gasteiger partial charge < -0.3 is 4.74 Å². The molecule has 0 bridgehead atoms. The highest BCUT2D eigenvalue weighted by atomic mass is 35.5. The van der Waals surface area contributed by atoms with Crippen LogP contribution in [-0.4, -0.2) is 17.7 Å². The molecule has 0 saturated carbocycles. The largest absolute Gasteiger partial charge is 0.443 e. The lowest BCUT2D eigenvalue weighted by Crippen LogP contribution is -2.45. The summed E-state index contributed by atoms with van der Waals surface area (Å²) in [6.07, 6.45) is 1.58. The lowest BCUT2D eigenvalue weighted by atomic mass is 9.94. The quantitative estimate of drug-likeness (QED) is 0.693. The summed E-state index contributed by atoms with van der Waals surface area (Å²) in [6.45, 7) is 9.69. The Labute approximate surface area is 125 Å². The number of benzene rings is 1. The van der Waals surface area contributed by atoms with Crippen LogP contribution in [0.1, 0.15) is 45.2 Å². The molecule has 1 atom stereocenters. The van der Waals surface area contributed by atoms with E-state index in [9.17, 15) is 4.79 Å². The summed E-state index contributed by atoms with van der Waals surface area (Å²) in [4.78, 5) is 14.3. The van der Waals surface area contributed by atoms with Crippen LogP contribution in [0.15, 0.2) is 12.1 Å². The van der Waals surface area contributed by atoms with Crippen molar-refractivity contribution < 1.29 is 9.53 Å². The molecule has 1 heterocycles. The fourth-order valence-corrected chi connectivity index (χ4v) is 2.93. The molecule has 4 heteroatoms. The Morgan fingerprint density at radius 1 is 1.40 bits per heavy atom. The summed E-state index contributed by atoms with van der Waals surface area (Å²) >= 11 is 6.12. The Hall–Kier alpha value is -1.22. The Morgan fingerprint density at radius 2 is 2.05 bits per heavy atom. The number of nitrogens with zero attached hydrogens (tertiary/aromatic N) is 1. The molecule has 0 spiro atoms. The van der Waals surface area contributed by atoms with Crippen molar-refractivity contribution in [1.82, 2.24) is 0 Å². The van der Waals surface area contributed by atoms with Crippen LogP contribution in [0.2, 0.25) is 5.02 Å². The first-order chi connectivity index (χ1) is 9.19. The zero-order valence-electron chi connectivity index (χ0n) is 12.8. The van der Waals surface area contributed by atoms with Gasteiger partial charge in [0.2, 0.25) is 0 Å². The number of hydrogen-bond donors (Lipinski definition) is 0. The highest BCUT2D eigenvalue weighted by molar-refractivity contribution is 6.30. The zero-order valence-corrected chi connectivity index (χ0v) is 13.5. The van der Waals surface area contributed by atoms with E-state index in [1.165, 1.54) is 0 Å². The molecule has 0 aliphatic carbocycles. The third-order valence-electron chi connectivity index (χ3n) is 3.45. The van der Waals surface area contributed by atoms with Gasteiger partial charge in [-0.3, -0.25) is 4.90 Å². The van der Waals surface area contributed by atoms with Gasteiger partial charge in [-0.1, -0.05) is 11.6 Å². The van der Waals surface area contributed by atoms with E-state index in [2.05, 4.69) is 6.92 Å². The molecule has 1 amide bonds. The van der Waals surface area contributed by atoms with Crippen molar-refractivity contribution in [2.24, 2.45) is 0 Å². The Balaban J connectivity index is 2.42. The molecule has 1 unspecified atom stereocenters. The van der Waals surface area contributed by atoms with E-state index in [0.29, 0.717) is 0 Å². The van der Waals surface area contributed by atoms with Gasteiger partial charge in [-0.15, -0.1) is 0 Å². The smallest absolute Gasteiger partial charge is 0.415 e. The fraction of sp³-hybridized carbons (Fsp3) is 0.562. The van der Waals surface area contributed by atoms with Gasteiger partial charge in [0.1, 0.15) is 5.60 Å². The molecular weight excluding hydrogens is 274 g/mol. The van der Waals surface area contributed by atoms with Crippen molar-refractivity contribution in [2.45, 2.75) is 59.1 Å². The van der Waals surface area contributed by atoms with Crippen LogP contribution in [0.25, 0.3) is 0 Å². The normalized spacial score (nSPS) is 18.7. The number of carbonyl (C=O) groups is 1. The Kier molecular flexibility index (Phi) is 4.01. The molecule has 20 heavy (non-hydrogen) atoms. The molecule has 110 valence electrons. The van der Waals surface area contributed by atoms with Crippen LogP contribution < -0.4 is 4.90 Å². The van der Waals surface area contributed by atoms with Crippen LogP contribution >= 0.6 is 11.6 Å². The van der Waals surface area contributed by atoms with Crippen LogP contribution in [0.4, 0.5) is 10.5 Å². The average molecular weight is 296 g/mol. The van der Waals surface area contributed by atoms with E-state index in [4.69, 9.17) is 16.3 Å². The van der Waals surface area contributed by atoms with E-state index in [1.54, 1.807) is 4.90 Å². The van der Waals surface area contributed by atoms with Crippen LogP contribution in [0, 0.1) is 6.92 Å². The number of halogens is 1. The van der Waals surface area contributed by atoms with Gasteiger partial charge in [0.05, 0.1) is 5.69 Å². The number of rotatable bonds is 0. The third kappa shape index (κ3) is 3.09. The minimum absolute atomic E-state index is 0.136. The van der Waals surface area contributed by atoms with Crippen LogP contribution in [0.3, 0.4) is 0 Å². The molecule has 1 aromatic carbocycles. The fourth-order valence-electron chi connectivity index (χ4n) is 2.64. The summed E-state index contributed by atoms with van der Waals surface area (Å²) in [5.74, 6) is 0. The standard InChI is InChI=1S/C16H22ClNO2/c1-10-8-13(17)9-12-7-6-11(2)18(14(10)12)15(19)20-16(3,4)5/h8-9,11H,6-7H2,1-5H3. The van der Waals surface area contributed by atoms with Gasteiger partial charge in [-0.25, -0.2) is 4.79 Å². The average Bonchev–Trinajstić information content (AvgIpc) is 2.27. The molecule has 0 radical (unpaired) electrons. The predicted molar refractivity (Wildman–Crippen MR) is 82.7 cm³/mol. The van der Waals surface area contributed by atoms with E-state index in [1.807, 2.05) is 39.8 Å². The maximum absolute atomic E-state index is 12.5. The van der Waals surface area contributed by atoms with Gasteiger partial charge in [-0.2, -0.15) is 0 Å². The number of ether oxygens (including phenoxy) is 1. The Bertz CT molecular complexity index is 534. The first kappa shape index (κ1) is 15.2. The van der Waals surface area contributed by atoms with Crippen molar-refractivity contribution in [3.05, 3.63) is 28.3 Å². The van der Waals surface area contributed by atoms with Crippen LogP contribution in [0.5, 0.6) is 0 Å². The lowest BCUT2D eigenvalue weighted by molar-refractivity contribution is 0.0563. The van der Waals surface area contributed by atoms with E-state index in [0.717, 1.165) is 34.7 Å². The maximum atomic E-state index is 12.5. The van der Waals surface area contributed by atoms with Gasteiger partial charge in [-0.05, 0) is 70.7 Å². The van der Waals surface area contributed by atoms with Gasteiger partial charge >= 0.3 is 6.09 Å². The zero-order chi connectivity index (χ0) is 15.1. The van der Waals surface area contributed by atoms with E-state index in [-0.39, 0.29) is 12.1 Å². The summed E-state index contributed by atoms with van der Waals surface area (Å²) in [5, 5.41) is 0.722. The maximum Gasteiger partial charge on any atom is 0.415 e. The third-order valence-corrected chi connectivity index (χ3v) is 3.67. The number of amides is 1. The molecule has 0 fully saturated rings. The summed E-state index contributed by atoms with van der Waals surface area (Å²) < 4.78 is 5.54. The molecule has 0 aromatic heterocycles. The molecule has 3 nitrogen and oxygen atoms in total. The van der Waals surface area contributed by atoms with Gasteiger partial charge in [0.25, 0.3) is 0 Å². The molecule has 1 aromatic rings.